The molecule has 126 valence electrons. The maximum atomic E-state index is 12.9. The van der Waals surface area contributed by atoms with Crippen molar-refractivity contribution in [2.75, 3.05) is 6.54 Å². The van der Waals surface area contributed by atoms with E-state index in [0.29, 0.717) is 5.02 Å². The summed E-state index contributed by atoms with van der Waals surface area (Å²) >= 11 is 6.12. The fraction of sp³-hybridized carbons (Fsp3) is 0.556. The van der Waals surface area contributed by atoms with Crippen molar-refractivity contribution >= 4 is 23.4 Å². The van der Waals surface area contributed by atoms with Crippen molar-refractivity contribution in [2.45, 2.75) is 57.4 Å². The molecule has 1 aromatic rings. The third-order valence-corrected chi connectivity index (χ3v) is 4.61. The van der Waals surface area contributed by atoms with E-state index < -0.39 is 5.41 Å². The normalized spacial score (nSPS) is 16.9. The van der Waals surface area contributed by atoms with Gasteiger partial charge in [-0.2, -0.15) is 0 Å². The first-order valence-electron chi connectivity index (χ1n) is 8.28. The van der Waals surface area contributed by atoms with E-state index in [1.165, 1.54) is 0 Å². The van der Waals surface area contributed by atoms with Crippen LogP contribution >= 0.6 is 11.6 Å². The van der Waals surface area contributed by atoms with Gasteiger partial charge in [0.15, 0.2) is 0 Å². The lowest BCUT2D eigenvalue weighted by Gasteiger charge is -2.36. The van der Waals surface area contributed by atoms with Gasteiger partial charge in [0.25, 0.3) is 0 Å². The summed E-state index contributed by atoms with van der Waals surface area (Å²) in [5.74, 6) is -0.233. The van der Waals surface area contributed by atoms with Gasteiger partial charge in [0, 0.05) is 11.1 Å². The molecule has 1 aliphatic rings. The molecule has 1 aromatic carbocycles. The summed E-state index contributed by atoms with van der Waals surface area (Å²) in [6.45, 7) is 3.81. The van der Waals surface area contributed by atoms with Gasteiger partial charge in [0.2, 0.25) is 11.8 Å². The van der Waals surface area contributed by atoms with E-state index in [0.717, 1.165) is 37.7 Å². The quantitative estimate of drug-likeness (QED) is 0.867. The van der Waals surface area contributed by atoms with E-state index >= 15 is 0 Å². The van der Waals surface area contributed by atoms with Crippen molar-refractivity contribution in [2.24, 2.45) is 0 Å². The molecule has 0 saturated heterocycles. The largest absolute Gasteiger partial charge is 0.352 e. The van der Waals surface area contributed by atoms with Crippen LogP contribution in [0.4, 0.5) is 0 Å². The molecular formula is C18H25ClN2O2. The molecule has 0 heterocycles. The maximum Gasteiger partial charge on any atom is 0.239 e. The van der Waals surface area contributed by atoms with Crippen LogP contribution in [-0.4, -0.2) is 24.4 Å². The topological polar surface area (TPSA) is 58.2 Å². The van der Waals surface area contributed by atoms with Crippen LogP contribution in [-0.2, 0) is 15.0 Å². The van der Waals surface area contributed by atoms with Crippen LogP contribution in [0.2, 0.25) is 5.02 Å². The molecular weight excluding hydrogens is 312 g/mol. The van der Waals surface area contributed by atoms with Gasteiger partial charge >= 0.3 is 0 Å². The minimum Gasteiger partial charge on any atom is -0.352 e. The fourth-order valence-electron chi connectivity index (χ4n) is 3.29. The van der Waals surface area contributed by atoms with Gasteiger partial charge in [-0.05, 0) is 44.4 Å². The Morgan fingerprint density at radius 2 is 1.91 bits per heavy atom. The zero-order valence-electron chi connectivity index (χ0n) is 13.8. The van der Waals surface area contributed by atoms with Gasteiger partial charge in [-0.3, -0.25) is 9.59 Å². The Hall–Kier alpha value is -1.55. The van der Waals surface area contributed by atoms with Gasteiger partial charge < -0.3 is 10.6 Å². The van der Waals surface area contributed by atoms with Crippen molar-refractivity contribution in [3.8, 4) is 0 Å². The number of nitrogens with one attached hydrogen (secondary N) is 2. The second kappa shape index (κ2) is 7.82. The van der Waals surface area contributed by atoms with Gasteiger partial charge in [-0.15, -0.1) is 0 Å². The van der Waals surface area contributed by atoms with Crippen molar-refractivity contribution in [1.29, 1.82) is 0 Å². The molecule has 0 atom stereocenters. The van der Waals surface area contributed by atoms with Crippen LogP contribution in [0, 0.1) is 0 Å². The predicted octanol–water partition coefficient (Wildman–Crippen LogP) is 3.18. The molecule has 4 nitrogen and oxygen atoms in total. The molecule has 0 aliphatic heterocycles. The van der Waals surface area contributed by atoms with Crippen LogP contribution in [0.25, 0.3) is 0 Å². The van der Waals surface area contributed by atoms with E-state index in [2.05, 4.69) is 10.6 Å². The van der Waals surface area contributed by atoms with E-state index in [9.17, 15) is 9.59 Å². The minimum absolute atomic E-state index is 0.0132. The number of amides is 2. The third-order valence-electron chi connectivity index (χ3n) is 4.38. The molecule has 0 aromatic heterocycles. The molecule has 2 rings (SSSR count). The Balaban J connectivity index is 2.15. The summed E-state index contributed by atoms with van der Waals surface area (Å²) in [7, 11) is 0. The number of carbonyl (C=O) groups is 2. The lowest BCUT2D eigenvalue weighted by atomic mass is 9.68. The first-order valence-corrected chi connectivity index (χ1v) is 8.65. The van der Waals surface area contributed by atoms with Crippen molar-refractivity contribution < 1.29 is 9.59 Å². The van der Waals surface area contributed by atoms with E-state index in [1.54, 1.807) is 0 Å². The van der Waals surface area contributed by atoms with Crippen LogP contribution in [0.3, 0.4) is 0 Å². The van der Waals surface area contributed by atoms with Gasteiger partial charge in [-0.25, -0.2) is 0 Å². The van der Waals surface area contributed by atoms with Gasteiger partial charge in [0.1, 0.15) is 0 Å². The van der Waals surface area contributed by atoms with E-state index in [-0.39, 0.29) is 24.4 Å². The second-order valence-electron chi connectivity index (χ2n) is 6.56. The highest BCUT2D eigenvalue weighted by Gasteiger charge is 2.41. The lowest BCUT2D eigenvalue weighted by Crippen LogP contribution is -2.49. The summed E-state index contributed by atoms with van der Waals surface area (Å²) in [4.78, 5) is 24.7. The number of hydrogen-bond acceptors (Lipinski definition) is 2. The van der Waals surface area contributed by atoms with Crippen molar-refractivity contribution in [1.82, 2.24) is 10.6 Å². The van der Waals surface area contributed by atoms with Crippen molar-refractivity contribution in [3.05, 3.63) is 34.9 Å². The number of hydrogen-bond donors (Lipinski definition) is 2. The molecule has 1 saturated carbocycles. The standard InChI is InChI=1S/C18H25ClN2O2/c1-13(2)21-16(22)12-20-17(23)18(9-4-3-5-10-18)14-7-6-8-15(19)11-14/h6-8,11,13H,3-5,9-10,12H2,1-2H3,(H,20,23)(H,21,22). The lowest BCUT2D eigenvalue weighted by molar-refractivity contribution is -0.131. The van der Waals surface area contributed by atoms with Gasteiger partial charge in [-0.1, -0.05) is 43.0 Å². The number of halogens is 1. The minimum atomic E-state index is -0.568. The van der Waals surface area contributed by atoms with E-state index in [4.69, 9.17) is 11.6 Å². The smallest absolute Gasteiger partial charge is 0.239 e. The highest BCUT2D eigenvalue weighted by Crippen LogP contribution is 2.40. The highest BCUT2D eigenvalue weighted by atomic mass is 35.5. The zero-order chi connectivity index (χ0) is 16.9. The Bertz CT molecular complexity index is 566. The molecule has 1 aliphatic carbocycles. The Morgan fingerprint density at radius 1 is 1.22 bits per heavy atom. The Morgan fingerprint density at radius 3 is 2.52 bits per heavy atom. The van der Waals surface area contributed by atoms with Crippen LogP contribution in [0.1, 0.15) is 51.5 Å². The fourth-order valence-corrected chi connectivity index (χ4v) is 3.48. The molecule has 23 heavy (non-hydrogen) atoms. The SMILES string of the molecule is CC(C)NC(=O)CNC(=O)C1(c2cccc(Cl)c2)CCCCC1. The van der Waals surface area contributed by atoms with Crippen LogP contribution < -0.4 is 10.6 Å². The van der Waals surface area contributed by atoms with E-state index in [1.807, 2.05) is 38.1 Å². The summed E-state index contributed by atoms with van der Waals surface area (Å²) in [6.07, 6.45) is 4.76. The summed E-state index contributed by atoms with van der Waals surface area (Å²) < 4.78 is 0. The molecule has 0 unspecified atom stereocenters. The second-order valence-corrected chi connectivity index (χ2v) is 6.99. The third kappa shape index (κ3) is 4.47. The highest BCUT2D eigenvalue weighted by molar-refractivity contribution is 6.30. The molecule has 0 bridgehead atoms. The summed E-state index contributed by atoms with van der Waals surface area (Å²) in [5, 5.41) is 6.25. The van der Waals surface area contributed by atoms with Crippen LogP contribution in [0.5, 0.6) is 0 Å². The molecule has 0 spiro atoms. The Labute approximate surface area is 143 Å². The number of carbonyl (C=O) groups excluding carboxylic acids is 2. The number of rotatable bonds is 5. The molecule has 2 N–H and O–H groups in total. The first-order chi connectivity index (χ1) is 10.9. The molecule has 2 amide bonds. The summed E-state index contributed by atoms with van der Waals surface area (Å²) in [6, 6.07) is 7.60. The maximum absolute atomic E-state index is 12.9. The average Bonchev–Trinajstić information content (AvgIpc) is 2.52. The summed E-state index contributed by atoms with van der Waals surface area (Å²) in [5.41, 5.74) is 0.382. The monoisotopic (exact) mass is 336 g/mol. The number of benzene rings is 1. The first kappa shape index (κ1) is 17.8. The van der Waals surface area contributed by atoms with Gasteiger partial charge in [0.05, 0.1) is 12.0 Å². The predicted molar refractivity (Wildman–Crippen MR) is 92.5 cm³/mol. The molecule has 5 heteroatoms. The molecule has 1 fully saturated rings. The molecule has 0 radical (unpaired) electrons. The zero-order valence-corrected chi connectivity index (χ0v) is 14.6. The van der Waals surface area contributed by atoms with Crippen LogP contribution in [0.15, 0.2) is 24.3 Å². The average molecular weight is 337 g/mol. The van der Waals surface area contributed by atoms with Crippen molar-refractivity contribution in [3.63, 3.8) is 0 Å². The Kier molecular flexibility index (Phi) is 6.05.